The summed E-state index contributed by atoms with van der Waals surface area (Å²) in [5, 5.41) is 0. The maximum Gasteiger partial charge on any atom is 0.347 e. The molecular formula is C22H20O4. The SMILES string of the molecule is COc1ccc(OCc2ccccc2)c(C(=O)Oc2ccccc2)c1C. The molecule has 0 spiro atoms. The first kappa shape index (κ1) is 17.5. The molecule has 0 aliphatic carbocycles. The Kier molecular flexibility index (Phi) is 5.54. The quantitative estimate of drug-likeness (QED) is 0.474. The Morgan fingerprint density at radius 3 is 2.12 bits per heavy atom. The number of benzene rings is 3. The molecule has 0 atom stereocenters. The van der Waals surface area contributed by atoms with Gasteiger partial charge in [0.1, 0.15) is 29.4 Å². The number of hydrogen-bond donors (Lipinski definition) is 0. The van der Waals surface area contributed by atoms with Gasteiger partial charge in [-0.15, -0.1) is 0 Å². The Morgan fingerprint density at radius 1 is 0.846 bits per heavy atom. The number of carbonyl (C=O) groups is 1. The lowest BCUT2D eigenvalue weighted by molar-refractivity contribution is 0.0728. The highest BCUT2D eigenvalue weighted by atomic mass is 16.5. The zero-order valence-corrected chi connectivity index (χ0v) is 14.8. The minimum absolute atomic E-state index is 0.359. The Balaban J connectivity index is 1.89. The van der Waals surface area contributed by atoms with Gasteiger partial charge in [0.25, 0.3) is 0 Å². The minimum atomic E-state index is -0.476. The van der Waals surface area contributed by atoms with Gasteiger partial charge >= 0.3 is 5.97 Å². The van der Waals surface area contributed by atoms with Crippen molar-refractivity contribution >= 4 is 5.97 Å². The summed E-state index contributed by atoms with van der Waals surface area (Å²) in [6.07, 6.45) is 0. The van der Waals surface area contributed by atoms with Crippen LogP contribution in [0, 0.1) is 6.92 Å². The van der Waals surface area contributed by atoms with E-state index in [4.69, 9.17) is 14.2 Å². The van der Waals surface area contributed by atoms with Gasteiger partial charge in [-0.25, -0.2) is 4.79 Å². The topological polar surface area (TPSA) is 44.8 Å². The average Bonchev–Trinajstić information content (AvgIpc) is 2.68. The van der Waals surface area contributed by atoms with Crippen molar-refractivity contribution in [2.75, 3.05) is 7.11 Å². The van der Waals surface area contributed by atoms with Crippen LogP contribution in [-0.4, -0.2) is 13.1 Å². The minimum Gasteiger partial charge on any atom is -0.496 e. The van der Waals surface area contributed by atoms with Gasteiger partial charge in [-0.3, -0.25) is 0 Å². The fraction of sp³-hybridized carbons (Fsp3) is 0.136. The van der Waals surface area contributed by atoms with Crippen molar-refractivity contribution in [3.8, 4) is 17.2 Å². The van der Waals surface area contributed by atoms with Gasteiger partial charge in [0.2, 0.25) is 0 Å². The largest absolute Gasteiger partial charge is 0.496 e. The third kappa shape index (κ3) is 4.03. The highest BCUT2D eigenvalue weighted by molar-refractivity contribution is 5.96. The van der Waals surface area contributed by atoms with Gasteiger partial charge in [-0.1, -0.05) is 48.5 Å². The van der Waals surface area contributed by atoms with Crippen LogP contribution in [0.5, 0.6) is 17.2 Å². The van der Waals surface area contributed by atoms with Crippen LogP contribution >= 0.6 is 0 Å². The molecule has 0 radical (unpaired) electrons. The molecule has 0 amide bonds. The van der Waals surface area contributed by atoms with E-state index in [1.807, 2.05) is 55.5 Å². The molecule has 0 saturated heterocycles. The van der Waals surface area contributed by atoms with E-state index in [1.54, 1.807) is 31.4 Å². The van der Waals surface area contributed by atoms with E-state index in [2.05, 4.69) is 0 Å². The highest BCUT2D eigenvalue weighted by Crippen LogP contribution is 2.31. The third-order valence-electron chi connectivity index (χ3n) is 3.99. The van der Waals surface area contributed by atoms with Crippen LogP contribution in [0.25, 0.3) is 0 Å². The van der Waals surface area contributed by atoms with Gasteiger partial charge in [-0.2, -0.15) is 0 Å². The summed E-state index contributed by atoms with van der Waals surface area (Å²) >= 11 is 0. The van der Waals surface area contributed by atoms with Crippen LogP contribution in [-0.2, 0) is 6.61 Å². The third-order valence-corrected chi connectivity index (χ3v) is 3.99. The first-order valence-electron chi connectivity index (χ1n) is 8.30. The second-order valence-electron chi connectivity index (χ2n) is 5.74. The summed E-state index contributed by atoms with van der Waals surface area (Å²) in [5.41, 5.74) is 2.06. The molecule has 0 fully saturated rings. The summed E-state index contributed by atoms with van der Waals surface area (Å²) in [5.74, 6) is 1.08. The van der Waals surface area contributed by atoms with Crippen LogP contribution in [0.4, 0.5) is 0 Å². The van der Waals surface area contributed by atoms with Crippen LogP contribution in [0.15, 0.2) is 72.8 Å². The van der Waals surface area contributed by atoms with Gasteiger partial charge in [-0.05, 0) is 36.8 Å². The number of hydrogen-bond acceptors (Lipinski definition) is 4. The molecule has 3 rings (SSSR count). The molecule has 0 heterocycles. The predicted octanol–water partition coefficient (Wildman–Crippen LogP) is 4.80. The molecule has 0 N–H and O–H groups in total. The van der Waals surface area contributed by atoms with Crippen LogP contribution < -0.4 is 14.2 Å². The fourth-order valence-electron chi connectivity index (χ4n) is 2.64. The molecule has 0 bridgehead atoms. The Labute approximate surface area is 153 Å². The van der Waals surface area contributed by atoms with E-state index in [1.165, 1.54) is 0 Å². The Bertz CT molecular complexity index is 873. The zero-order chi connectivity index (χ0) is 18.4. The molecule has 26 heavy (non-hydrogen) atoms. The van der Waals surface area contributed by atoms with Gasteiger partial charge < -0.3 is 14.2 Å². The van der Waals surface area contributed by atoms with Crippen molar-refractivity contribution in [3.05, 3.63) is 89.5 Å². The van der Waals surface area contributed by atoms with Crippen molar-refractivity contribution < 1.29 is 19.0 Å². The summed E-state index contributed by atoms with van der Waals surface area (Å²) in [6, 6.07) is 22.3. The lowest BCUT2D eigenvalue weighted by Crippen LogP contribution is -2.13. The normalized spacial score (nSPS) is 10.2. The average molecular weight is 348 g/mol. The van der Waals surface area contributed by atoms with Gasteiger partial charge in [0, 0.05) is 5.56 Å². The summed E-state index contributed by atoms with van der Waals surface area (Å²) in [4.78, 5) is 12.8. The van der Waals surface area contributed by atoms with E-state index >= 15 is 0 Å². The molecule has 3 aromatic rings. The fourth-order valence-corrected chi connectivity index (χ4v) is 2.64. The monoisotopic (exact) mass is 348 g/mol. The first-order valence-corrected chi connectivity index (χ1v) is 8.30. The number of esters is 1. The van der Waals surface area contributed by atoms with Crippen LogP contribution in [0.3, 0.4) is 0 Å². The van der Waals surface area contributed by atoms with E-state index < -0.39 is 5.97 Å². The number of para-hydroxylation sites is 1. The molecule has 3 aromatic carbocycles. The predicted molar refractivity (Wildman–Crippen MR) is 99.9 cm³/mol. The number of rotatable bonds is 6. The van der Waals surface area contributed by atoms with E-state index in [-0.39, 0.29) is 0 Å². The van der Waals surface area contributed by atoms with Crippen molar-refractivity contribution in [2.45, 2.75) is 13.5 Å². The summed E-state index contributed by atoms with van der Waals surface area (Å²) in [6.45, 7) is 2.17. The molecule has 0 aliphatic heterocycles. The maximum absolute atomic E-state index is 12.8. The molecule has 0 unspecified atom stereocenters. The molecule has 4 heteroatoms. The van der Waals surface area contributed by atoms with E-state index in [0.29, 0.717) is 35.0 Å². The standard InChI is InChI=1S/C22H20O4/c1-16-19(24-2)13-14-20(25-15-17-9-5-3-6-10-17)21(16)22(23)26-18-11-7-4-8-12-18/h3-14H,15H2,1-2H3. The first-order chi connectivity index (χ1) is 12.7. The van der Waals surface area contributed by atoms with Crippen molar-refractivity contribution in [1.29, 1.82) is 0 Å². The number of carbonyl (C=O) groups excluding carboxylic acids is 1. The van der Waals surface area contributed by atoms with E-state index in [0.717, 1.165) is 5.56 Å². The van der Waals surface area contributed by atoms with Crippen LogP contribution in [0.1, 0.15) is 21.5 Å². The summed E-state index contributed by atoms with van der Waals surface area (Å²) in [7, 11) is 1.57. The molecular weight excluding hydrogens is 328 g/mol. The second-order valence-corrected chi connectivity index (χ2v) is 5.74. The molecule has 132 valence electrons. The van der Waals surface area contributed by atoms with Crippen molar-refractivity contribution in [1.82, 2.24) is 0 Å². The molecule has 0 aliphatic rings. The molecule has 4 nitrogen and oxygen atoms in total. The van der Waals surface area contributed by atoms with Gasteiger partial charge in [0.05, 0.1) is 7.11 Å². The summed E-state index contributed by atoms with van der Waals surface area (Å²) < 4.78 is 16.7. The maximum atomic E-state index is 12.8. The Morgan fingerprint density at radius 2 is 1.46 bits per heavy atom. The van der Waals surface area contributed by atoms with E-state index in [9.17, 15) is 4.79 Å². The van der Waals surface area contributed by atoms with Crippen molar-refractivity contribution in [3.63, 3.8) is 0 Å². The van der Waals surface area contributed by atoms with Crippen LogP contribution in [0.2, 0.25) is 0 Å². The smallest absolute Gasteiger partial charge is 0.347 e. The van der Waals surface area contributed by atoms with Gasteiger partial charge in [0.15, 0.2) is 0 Å². The lowest BCUT2D eigenvalue weighted by Gasteiger charge is -2.16. The zero-order valence-electron chi connectivity index (χ0n) is 14.8. The number of methoxy groups -OCH3 is 1. The lowest BCUT2D eigenvalue weighted by atomic mass is 10.1. The highest BCUT2D eigenvalue weighted by Gasteiger charge is 2.21. The Hall–Kier alpha value is -3.27. The van der Waals surface area contributed by atoms with Crippen molar-refractivity contribution in [2.24, 2.45) is 0 Å². The number of ether oxygens (including phenoxy) is 3. The molecule has 0 saturated carbocycles. The molecule has 0 aromatic heterocycles. The second kappa shape index (κ2) is 8.21.